The Labute approximate surface area is 120 Å². The number of nitrogens with two attached hydrogens (primary N) is 1. The predicted molar refractivity (Wildman–Crippen MR) is 73.8 cm³/mol. The van der Waals surface area contributed by atoms with E-state index in [1.807, 2.05) is 0 Å². The Kier molecular flexibility index (Phi) is 4.74. The minimum Gasteiger partial charge on any atom is -0.353 e. The van der Waals surface area contributed by atoms with Gasteiger partial charge in [-0.3, -0.25) is 0 Å². The fraction of sp³-hybridized carbons (Fsp3) is 0.286. The summed E-state index contributed by atoms with van der Waals surface area (Å²) in [4.78, 5) is 8.09. The summed E-state index contributed by atoms with van der Waals surface area (Å²) in [6, 6.07) is 5.50. The second-order valence-electron chi connectivity index (χ2n) is 4.46. The molecule has 2 aromatic rings. The topological polar surface area (TPSA) is 63.8 Å². The molecule has 3 N–H and O–H groups in total. The molecule has 1 heterocycles. The van der Waals surface area contributed by atoms with Gasteiger partial charge in [0.2, 0.25) is 5.95 Å². The van der Waals surface area contributed by atoms with Crippen molar-refractivity contribution < 1.29 is 13.2 Å². The zero-order chi connectivity index (χ0) is 15.3. The van der Waals surface area contributed by atoms with E-state index >= 15 is 0 Å². The summed E-state index contributed by atoms with van der Waals surface area (Å²) in [5.41, 5.74) is 5.53. The molecule has 2 rings (SSSR count). The van der Waals surface area contributed by atoms with Gasteiger partial charge in [0.05, 0.1) is 5.56 Å². The minimum atomic E-state index is -4.36. The molecule has 7 heteroatoms. The molecule has 0 bridgehead atoms. The van der Waals surface area contributed by atoms with Crippen LogP contribution in [0.5, 0.6) is 0 Å². The van der Waals surface area contributed by atoms with E-state index in [-0.39, 0.29) is 12.0 Å². The van der Waals surface area contributed by atoms with Crippen LogP contribution in [0.15, 0.2) is 36.7 Å². The molecule has 0 aliphatic carbocycles. The van der Waals surface area contributed by atoms with Crippen LogP contribution in [0.25, 0.3) is 0 Å². The molecule has 0 aliphatic heterocycles. The quantitative estimate of drug-likeness (QED) is 0.889. The molecule has 4 nitrogen and oxygen atoms in total. The van der Waals surface area contributed by atoms with E-state index in [0.29, 0.717) is 24.6 Å². The molecule has 0 spiro atoms. The molecular formula is C14H15F3N4. The van der Waals surface area contributed by atoms with Crippen LogP contribution in [-0.4, -0.2) is 23.1 Å². The summed E-state index contributed by atoms with van der Waals surface area (Å²) in [6.07, 6.45) is -1.20. The van der Waals surface area contributed by atoms with Gasteiger partial charge < -0.3 is 11.1 Å². The van der Waals surface area contributed by atoms with E-state index in [9.17, 15) is 13.2 Å². The van der Waals surface area contributed by atoms with E-state index in [1.165, 1.54) is 24.5 Å². The molecule has 0 unspecified atom stereocenters. The van der Waals surface area contributed by atoms with Crippen molar-refractivity contribution in [1.82, 2.24) is 9.97 Å². The number of rotatable bonds is 5. The lowest BCUT2D eigenvalue weighted by Gasteiger charge is -2.12. The third kappa shape index (κ3) is 4.16. The van der Waals surface area contributed by atoms with Crippen LogP contribution in [0.2, 0.25) is 0 Å². The first kappa shape index (κ1) is 15.2. The van der Waals surface area contributed by atoms with Gasteiger partial charge >= 0.3 is 6.18 Å². The monoisotopic (exact) mass is 296 g/mol. The maximum atomic E-state index is 12.9. The smallest absolute Gasteiger partial charge is 0.353 e. The summed E-state index contributed by atoms with van der Waals surface area (Å²) < 4.78 is 38.7. The van der Waals surface area contributed by atoms with Crippen LogP contribution >= 0.6 is 0 Å². The van der Waals surface area contributed by atoms with Crippen molar-refractivity contribution in [2.75, 3.05) is 18.4 Å². The zero-order valence-corrected chi connectivity index (χ0v) is 11.2. The summed E-state index contributed by atoms with van der Waals surface area (Å²) in [6.45, 7) is 0.986. The molecule has 0 amide bonds. The van der Waals surface area contributed by atoms with Crippen LogP contribution in [0.1, 0.15) is 16.7 Å². The van der Waals surface area contributed by atoms with Crippen molar-refractivity contribution >= 4 is 5.95 Å². The number of hydrogen-bond donors (Lipinski definition) is 2. The molecule has 1 aromatic carbocycles. The Morgan fingerprint density at radius 1 is 1.10 bits per heavy atom. The van der Waals surface area contributed by atoms with Crippen molar-refractivity contribution in [2.24, 2.45) is 5.73 Å². The van der Waals surface area contributed by atoms with Gasteiger partial charge in [0.15, 0.2) is 0 Å². The van der Waals surface area contributed by atoms with E-state index in [2.05, 4.69) is 15.3 Å². The molecule has 0 saturated heterocycles. The molecular weight excluding hydrogens is 281 g/mol. The number of nitrogens with one attached hydrogen (secondary N) is 1. The van der Waals surface area contributed by atoms with Crippen molar-refractivity contribution in [1.29, 1.82) is 0 Å². The van der Waals surface area contributed by atoms with E-state index in [0.717, 1.165) is 6.07 Å². The summed E-state index contributed by atoms with van der Waals surface area (Å²) in [7, 11) is 0. The molecule has 0 atom stereocenters. The largest absolute Gasteiger partial charge is 0.416 e. The second kappa shape index (κ2) is 6.53. The summed E-state index contributed by atoms with van der Waals surface area (Å²) in [5, 5.41) is 2.89. The van der Waals surface area contributed by atoms with Gasteiger partial charge in [0.25, 0.3) is 0 Å². The Balaban J connectivity index is 2.15. The normalized spacial score (nSPS) is 11.4. The highest BCUT2D eigenvalue weighted by Crippen LogP contribution is 2.32. The number of hydrogen-bond acceptors (Lipinski definition) is 4. The zero-order valence-electron chi connectivity index (χ0n) is 11.2. The molecule has 112 valence electrons. The first-order valence-electron chi connectivity index (χ1n) is 6.40. The number of halogens is 3. The van der Waals surface area contributed by atoms with Crippen molar-refractivity contribution in [3.8, 4) is 0 Å². The average Bonchev–Trinajstić information content (AvgIpc) is 2.46. The van der Waals surface area contributed by atoms with Crippen LogP contribution in [0.3, 0.4) is 0 Å². The van der Waals surface area contributed by atoms with Gasteiger partial charge in [-0.05, 0) is 17.2 Å². The van der Waals surface area contributed by atoms with Crippen LogP contribution in [0, 0.1) is 0 Å². The van der Waals surface area contributed by atoms with Gasteiger partial charge in [-0.15, -0.1) is 0 Å². The maximum absolute atomic E-state index is 12.9. The Morgan fingerprint density at radius 2 is 1.76 bits per heavy atom. The first-order chi connectivity index (χ1) is 10.0. The Bertz CT molecular complexity index is 582. The van der Waals surface area contributed by atoms with Crippen molar-refractivity contribution in [2.45, 2.75) is 12.6 Å². The minimum absolute atomic E-state index is 0.132. The molecule has 0 fully saturated rings. The number of benzene rings is 1. The molecule has 0 radical (unpaired) electrons. The number of anilines is 1. The highest BCUT2D eigenvalue weighted by molar-refractivity contribution is 5.34. The van der Waals surface area contributed by atoms with Gasteiger partial charge in [-0.1, -0.05) is 18.2 Å². The lowest BCUT2D eigenvalue weighted by molar-refractivity contribution is -0.138. The summed E-state index contributed by atoms with van der Waals surface area (Å²) in [5.74, 6) is 0.410. The lowest BCUT2D eigenvalue weighted by atomic mass is 10.0. The first-order valence-corrected chi connectivity index (χ1v) is 6.40. The van der Waals surface area contributed by atoms with Crippen LogP contribution in [-0.2, 0) is 12.6 Å². The maximum Gasteiger partial charge on any atom is 0.416 e. The van der Waals surface area contributed by atoms with Gasteiger partial charge in [0, 0.05) is 31.9 Å². The van der Waals surface area contributed by atoms with E-state index in [1.54, 1.807) is 6.07 Å². The molecule has 0 saturated carbocycles. The molecule has 1 aromatic heterocycles. The fourth-order valence-corrected chi connectivity index (χ4v) is 1.89. The van der Waals surface area contributed by atoms with Crippen molar-refractivity contribution in [3.05, 3.63) is 53.3 Å². The van der Waals surface area contributed by atoms with Crippen LogP contribution < -0.4 is 11.1 Å². The Hall–Kier alpha value is -2.15. The van der Waals surface area contributed by atoms with Gasteiger partial charge in [0.1, 0.15) is 0 Å². The number of nitrogens with zero attached hydrogens (tertiary/aromatic N) is 2. The third-order valence-corrected chi connectivity index (χ3v) is 2.85. The second-order valence-corrected chi connectivity index (χ2v) is 4.46. The molecule has 0 aliphatic rings. The average molecular weight is 296 g/mol. The lowest BCUT2D eigenvalue weighted by Crippen LogP contribution is -2.15. The highest BCUT2D eigenvalue weighted by atomic mass is 19.4. The fourth-order valence-electron chi connectivity index (χ4n) is 1.89. The predicted octanol–water partition coefficient (Wildman–Crippen LogP) is 2.46. The number of aromatic nitrogens is 2. The van der Waals surface area contributed by atoms with E-state index < -0.39 is 11.7 Å². The summed E-state index contributed by atoms with van der Waals surface area (Å²) >= 11 is 0. The van der Waals surface area contributed by atoms with Crippen LogP contribution in [0.4, 0.5) is 19.1 Å². The van der Waals surface area contributed by atoms with E-state index in [4.69, 9.17) is 5.73 Å². The Morgan fingerprint density at radius 3 is 2.38 bits per heavy atom. The SMILES string of the molecule is NCCNc1ncc(Cc2ccccc2C(F)(F)F)cn1. The standard InChI is InChI=1S/C14H15F3N4/c15-14(16,17)12-4-2-1-3-11(12)7-10-8-20-13(21-9-10)19-6-5-18/h1-4,8-9H,5-7,18H2,(H,19,20,21). The highest BCUT2D eigenvalue weighted by Gasteiger charge is 2.32. The van der Waals surface area contributed by atoms with Gasteiger partial charge in [-0.2, -0.15) is 13.2 Å². The molecule has 21 heavy (non-hydrogen) atoms. The van der Waals surface area contributed by atoms with Crippen molar-refractivity contribution in [3.63, 3.8) is 0 Å². The van der Waals surface area contributed by atoms with Gasteiger partial charge in [-0.25, -0.2) is 9.97 Å². The third-order valence-electron chi connectivity index (χ3n) is 2.85. The number of alkyl halides is 3.